The predicted octanol–water partition coefficient (Wildman–Crippen LogP) is 4.49. The molecule has 0 radical (unpaired) electrons. The molecular weight excluding hydrogens is 360 g/mol. The van der Waals surface area contributed by atoms with Crippen molar-refractivity contribution < 1.29 is 43.7 Å². The summed E-state index contributed by atoms with van der Waals surface area (Å²) in [6.07, 6.45) is 7.17. The fourth-order valence-electron chi connectivity index (χ4n) is 1.66. The number of rotatable bonds is 15. The summed E-state index contributed by atoms with van der Waals surface area (Å²) >= 11 is -2.10. The Morgan fingerprint density at radius 1 is 0.840 bits per heavy atom. The van der Waals surface area contributed by atoms with Gasteiger partial charge in [-0.25, -0.2) is 0 Å². The molecule has 149 valence electrons. The fraction of sp³-hybridized carbons (Fsp3) is 0.889. The van der Waals surface area contributed by atoms with Crippen LogP contribution in [0.2, 0.25) is 0 Å². The van der Waals surface area contributed by atoms with E-state index in [0.29, 0.717) is 6.42 Å². The minimum absolute atomic E-state index is 0.273. The van der Waals surface area contributed by atoms with E-state index in [1.165, 1.54) is 6.92 Å². The fourth-order valence-corrected chi connectivity index (χ4v) is 3.51. The van der Waals surface area contributed by atoms with E-state index in [9.17, 15) is 9.59 Å². The Bertz CT molecular complexity index is 287. The molecule has 0 aliphatic heterocycles. The van der Waals surface area contributed by atoms with Crippen LogP contribution in [-0.4, -0.2) is 36.7 Å². The second-order valence-electron chi connectivity index (χ2n) is 5.77. The number of aliphatic carboxylic acids is 1. The molecule has 6 nitrogen and oxygen atoms in total. The Hall–Kier alpha value is -0.266. The topological polar surface area (TPSA) is 82.1 Å². The van der Waals surface area contributed by atoms with Crippen molar-refractivity contribution in [3.05, 3.63) is 0 Å². The summed E-state index contributed by atoms with van der Waals surface area (Å²) in [7, 11) is 0. The van der Waals surface area contributed by atoms with Crippen molar-refractivity contribution >= 4 is 11.8 Å². The second kappa shape index (κ2) is 20.1. The molecule has 0 heterocycles. The monoisotopic (exact) mass is 397 g/mol. The van der Waals surface area contributed by atoms with Crippen LogP contribution in [0.1, 0.15) is 79.6 Å². The van der Waals surface area contributed by atoms with Crippen LogP contribution in [0.25, 0.3) is 0 Å². The van der Waals surface area contributed by atoms with Gasteiger partial charge in [-0.05, 0) is 13.3 Å². The Morgan fingerprint density at radius 3 is 1.36 bits per heavy atom. The zero-order valence-corrected chi connectivity index (χ0v) is 18.2. The van der Waals surface area contributed by atoms with Crippen molar-refractivity contribution in [3.8, 4) is 0 Å². The van der Waals surface area contributed by atoms with Crippen molar-refractivity contribution in [1.29, 1.82) is 0 Å². The van der Waals surface area contributed by atoms with Gasteiger partial charge in [0.25, 0.3) is 0 Å². The second-order valence-corrected chi connectivity index (χ2v) is 7.90. The predicted molar refractivity (Wildman–Crippen MR) is 94.7 cm³/mol. The van der Waals surface area contributed by atoms with Crippen LogP contribution in [0.15, 0.2) is 0 Å². The summed E-state index contributed by atoms with van der Waals surface area (Å²) in [5, 5.41) is 8.32. The van der Waals surface area contributed by atoms with Crippen LogP contribution < -0.4 is 0 Å². The van der Waals surface area contributed by atoms with E-state index in [4.69, 9.17) is 15.1 Å². The molecule has 0 saturated heterocycles. The number of hydrogen-bond donors (Lipinski definition) is 1. The molecular formula is C18H37O6Ti. The summed E-state index contributed by atoms with van der Waals surface area (Å²) < 4.78 is 17.1. The van der Waals surface area contributed by atoms with Gasteiger partial charge in [0.05, 0.1) is 0 Å². The van der Waals surface area contributed by atoms with E-state index in [1.807, 2.05) is 0 Å². The first-order valence-electron chi connectivity index (χ1n) is 9.42. The standard InChI is InChI=1S/C6H10O3.3C4H9O.Ti/c1-3-5(4(2)7)6(8)9;3*1-2-3-4-5;/h5H,3H2,1-2H3,(H,8,9);3*2-4H2,1H3;/q;3*-1;+3. The van der Waals surface area contributed by atoms with Crippen LogP contribution in [0, 0.1) is 5.92 Å². The van der Waals surface area contributed by atoms with Gasteiger partial charge in [-0.15, -0.1) is 0 Å². The number of carboxylic acids is 1. The first-order chi connectivity index (χ1) is 11.9. The number of carbonyl (C=O) groups excluding carboxylic acids is 1. The van der Waals surface area contributed by atoms with Crippen molar-refractivity contribution in [1.82, 2.24) is 0 Å². The third kappa shape index (κ3) is 18.3. The molecule has 0 aromatic carbocycles. The Balaban J connectivity index is 0. The van der Waals surface area contributed by atoms with Crippen LogP contribution in [0.4, 0.5) is 0 Å². The normalized spacial score (nSPS) is 11.4. The van der Waals surface area contributed by atoms with E-state index in [2.05, 4.69) is 20.8 Å². The third-order valence-electron chi connectivity index (χ3n) is 3.35. The van der Waals surface area contributed by atoms with Gasteiger partial charge < -0.3 is 5.11 Å². The number of Topliss-reactive ketones (excluding diaryl/α,β-unsaturated/α-hetero) is 1. The van der Waals surface area contributed by atoms with Crippen LogP contribution in [-0.2, 0) is 38.6 Å². The molecule has 7 heteroatoms. The Labute approximate surface area is 160 Å². The van der Waals surface area contributed by atoms with Gasteiger partial charge >= 0.3 is 114 Å². The van der Waals surface area contributed by atoms with Gasteiger partial charge in [-0.2, -0.15) is 0 Å². The molecule has 0 aromatic heterocycles. The minimum atomic E-state index is -2.10. The maximum absolute atomic E-state index is 10.4. The Kier molecular flexibility index (Phi) is 21.6. The number of hydrogen-bond acceptors (Lipinski definition) is 5. The summed E-state index contributed by atoms with van der Waals surface area (Å²) in [5.74, 6) is -2.10. The molecule has 0 amide bonds. The average molecular weight is 397 g/mol. The van der Waals surface area contributed by atoms with E-state index in [0.717, 1.165) is 58.3 Å². The zero-order valence-electron chi connectivity index (χ0n) is 16.6. The van der Waals surface area contributed by atoms with Gasteiger partial charge in [0, 0.05) is 0 Å². The molecule has 1 N–H and O–H groups in total. The third-order valence-corrected chi connectivity index (χ3v) is 5.41. The van der Waals surface area contributed by atoms with Gasteiger partial charge in [0.2, 0.25) is 0 Å². The summed E-state index contributed by atoms with van der Waals surface area (Å²) in [5.41, 5.74) is 0. The van der Waals surface area contributed by atoms with E-state index in [-0.39, 0.29) is 5.78 Å². The molecule has 1 atom stereocenters. The van der Waals surface area contributed by atoms with Gasteiger partial charge in [0.15, 0.2) is 0 Å². The molecule has 0 rings (SSSR count). The van der Waals surface area contributed by atoms with Crippen LogP contribution >= 0.6 is 0 Å². The van der Waals surface area contributed by atoms with E-state index in [1.54, 1.807) is 6.92 Å². The molecule has 0 saturated carbocycles. The average Bonchev–Trinajstić information content (AvgIpc) is 2.55. The van der Waals surface area contributed by atoms with Crippen LogP contribution in [0.3, 0.4) is 0 Å². The quantitative estimate of drug-likeness (QED) is 0.249. The summed E-state index contributed by atoms with van der Waals surface area (Å²) in [6.45, 7) is 11.9. The maximum atomic E-state index is 10.4. The number of ketones is 1. The molecule has 0 fully saturated rings. The first kappa shape index (κ1) is 27.0. The van der Waals surface area contributed by atoms with Crippen molar-refractivity contribution in [2.45, 2.75) is 79.6 Å². The van der Waals surface area contributed by atoms with E-state index >= 15 is 0 Å². The summed E-state index contributed by atoms with van der Waals surface area (Å²) in [4.78, 5) is 20.6. The molecule has 25 heavy (non-hydrogen) atoms. The SMILES string of the molecule is CCC(C(C)=O)C(=O)O.CCCC[O][Ti]([O]CCCC)[O]CCCC. The zero-order chi connectivity index (χ0) is 19.5. The summed E-state index contributed by atoms with van der Waals surface area (Å²) in [6, 6.07) is 0. The van der Waals surface area contributed by atoms with Crippen molar-refractivity contribution in [2.24, 2.45) is 5.92 Å². The van der Waals surface area contributed by atoms with E-state index < -0.39 is 30.9 Å². The van der Waals surface area contributed by atoms with Gasteiger partial charge in [0.1, 0.15) is 11.7 Å². The molecule has 0 aromatic rings. The molecule has 1 unspecified atom stereocenters. The van der Waals surface area contributed by atoms with Gasteiger partial charge in [-0.3, -0.25) is 9.59 Å². The number of carboxylic acid groups (broad SMARTS) is 1. The first-order valence-corrected chi connectivity index (χ1v) is 11.3. The van der Waals surface area contributed by atoms with Crippen molar-refractivity contribution in [3.63, 3.8) is 0 Å². The van der Waals surface area contributed by atoms with Crippen molar-refractivity contribution in [2.75, 3.05) is 19.8 Å². The Morgan fingerprint density at radius 2 is 1.20 bits per heavy atom. The molecule has 0 aliphatic carbocycles. The van der Waals surface area contributed by atoms with Crippen LogP contribution in [0.5, 0.6) is 0 Å². The molecule has 0 aliphatic rings. The molecule has 0 spiro atoms. The number of unbranched alkanes of at least 4 members (excludes halogenated alkanes) is 3. The van der Waals surface area contributed by atoms with Gasteiger partial charge in [-0.1, -0.05) is 6.92 Å². The molecule has 0 bridgehead atoms. The number of carbonyl (C=O) groups is 2.